The standard InChI is InChI=1S/C21H19BrN4O5/c1-11(27)25-18-6-3-13(7-19(18)31-12(2)28)9-24-10-17-16-8-14(22)4-5-15(16)20(29)26(23)21(17)30/h3-8,10,30H,9,23H2,1-2H3,(H,25,27). The van der Waals surface area contributed by atoms with Crippen LogP contribution in [-0.2, 0) is 16.1 Å². The second kappa shape index (κ2) is 9.00. The maximum atomic E-state index is 12.3. The van der Waals surface area contributed by atoms with Crippen LogP contribution in [0.25, 0.3) is 10.8 Å². The molecule has 10 heteroatoms. The molecule has 1 heterocycles. The van der Waals surface area contributed by atoms with Crippen molar-refractivity contribution in [2.24, 2.45) is 4.99 Å². The Morgan fingerprint density at radius 2 is 1.97 bits per heavy atom. The number of nitrogen functional groups attached to an aromatic ring is 1. The predicted octanol–water partition coefficient (Wildman–Crippen LogP) is 2.69. The summed E-state index contributed by atoms with van der Waals surface area (Å²) in [5, 5.41) is 13.8. The molecule has 0 fully saturated rings. The molecule has 0 saturated carbocycles. The largest absolute Gasteiger partial charge is 0.493 e. The molecule has 0 aliphatic heterocycles. The first kappa shape index (κ1) is 22.0. The molecule has 31 heavy (non-hydrogen) atoms. The van der Waals surface area contributed by atoms with Crippen molar-refractivity contribution in [1.82, 2.24) is 4.68 Å². The van der Waals surface area contributed by atoms with Crippen LogP contribution in [0.4, 0.5) is 5.69 Å². The number of aromatic hydroxyl groups is 1. The Labute approximate surface area is 185 Å². The highest BCUT2D eigenvalue weighted by Crippen LogP contribution is 2.28. The van der Waals surface area contributed by atoms with Crippen molar-refractivity contribution in [3.8, 4) is 11.6 Å². The second-order valence-electron chi connectivity index (χ2n) is 6.68. The fraction of sp³-hybridized carbons (Fsp3) is 0.143. The molecule has 1 amide bonds. The van der Waals surface area contributed by atoms with Gasteiger partial charge in [0.25, 0.3) is 5.56 Å². The third kappa shape index (κ3) is 4.92. The van der Waals surface area contributed by atoms with E-state index < -0.39 is 17.4 Å². The Kier molecular flexibility index (Phi) is 6.40. The lowest BCUT2D eigenvalue weighted by Crippen LogP contribution is -2.28. The van der Waals surface area contributed by atoms with Gasteiger partial charge in [-0.3, -0.25) is 19.4 Å². The Hall–Kier alpha value is -3.66. The van der Waals surface area contributed by atoms with E-state index in [4.69, 9.17) is 10.6 Å². The predicted molar refractivity (Wildman–Crippen MR) is 121 cm³/mol. The van der Waals surface area contributed by atoms with Crippen LogP contribution in [0.15, 0.2) is 50.7 Å². The molecule has 0 unspecified atom stereocenters. The van der Waals surface area contributed by atoms with Crippen molar-refractivity contribution >= 4 is 50.5 Å². The third-order valence-corrected chi connectivity index (χ3v) is 4.79. The van der Waals surface area contributed by atoms with E-state index in [1.807, 2.05) is 0 Å². The molecular weight excluding hydrogens is 468 g/mol. The summed E-state index contributed by atoms with van der Waals surface area (Å²) >= 11 is 3.35. The molecule has 4 N–H and O–H groups in total. The van der Waals surface area contributed by atoms with Crippen LogP contribution in [0.3, 0.4) is 0 Å². The van der Waals surface area contributed by atoms with E-state index in [1.54, 1.807) is 36.4 Å². The van der Waals surface area contributed by atoms with Crippen molar-refractivity contribution in [2.45, 2.75) is 20.4 Å². The van der Waals surface area contributed by atoms with Gasteiger partial charge in [0.15, 0.2) is 5.75 Å². The van der Waals surface area contributed by atoms with E-state index in [2.05, 4.69) is 26.2 Å². The summed E-state index contributed by atoms with van der Waals surface area (Å²) in [4.78, 5) is 39.3. The Balaban J connectivity index is 1.96. The van der Waals surface area contributed by atoms with Crippen LogP contribution in [-0.4, -0.2) is 27.9 Å². The smallest absolute Gasteiger partial charge is 0.308 e. The highest BCUT2D eigenvalue weighted by molar-refractivity contribution is 9.10. The number of anilines is 1. The van der Waals surface area contributed by atoms with E-state index in [0.29, 0.717) is 26.7 Å². The average Bonchev–Trinajstić information content (AvgIpc) is 2.70. The number of halogens is 1. The molecule has 0 aliphatic rings. The second-order valence-corrected chi connectivity index (χ2v) is 7.59. The van der Waals surface area contributed by atoms with Gasteiger partial charge in [-0.15, -0.1) is 0 Å². The molecular formula is C21H19BrN4O5. The van der Waals surface area contributed by atoms with Gasteiger partial charge in [0.1, 0.15) is 0 Å². The number of nitrogens with two attached hydrogens (primary N) is 1. The number of aromatic nitrogens is 1. The van der Waals surface area contributed by atoms with Gasteiger partial charge in [-0.2, -0.15) is 4.68 Å². The topological polar surface area (TPSA) is 136 Å². The number of hydrogen-bond donors (Lipinski definition) is 3. The molecule has 9 nitrogen and oxygen atoms in total. The average molecular weight is 487 g/mol. The van der Waals surface area contributed by atoms with Crippen LogP contribution in [0.2, 0.25) is 0 Å². The maximum Gasteiger partial charge on any atom is 0.308 e. The van der Waals surface area contributed by atoms with Gasteiger partial charge in [-0.25, -0.2) is 0 Å². The third-order valence-electron chi connectivity index (χ3n) is 4.29. The van der Waals surface area contributed by atoms with Crippen molar-refractivity contribution in [3.63, 3.8) is 0 Å². The fourth-order valence-electron chi connectivity index (χ4n) is 2.97. The molecule has 0 atom stereocenters. The van der Waals surface area contributed by atoms with Crippen molar-refractivity contribution in [3.05, 3.63) is 62.4 Å². The first-order valence-corrected chi connectivity index (χ1v) is 9.87. The lowest BCUT2D eigenvalue weighted by atomic mass is 10.1. The van der Waals surface area contributed by atoms with Gasteiger partial charge in [0.2, 0.25) is 11.8 Å². The summed E-state index contributed by atoms with van der Waals surface area (Å²) < 4.78 is 6.56. The zero-order valence-electron chi connectivity index (χ0n) is 16.7. The number of aliphatic imine (C=N–C) groups is 1. The van der Waals surface area contributed by atoms with E-state index in [-0.39, 0.29) is 23.8 Å². The number of hydrogen-bond acceptors (Lipinski definition) is 7. The molecule has 0 spiro atoms. The maximum absolute atomic E-state index is 12.3. The Bertz CT molecular complexity index is 1280. The normalized spacial score (nSPS) is 11.1. The number of nitrogens with zero attached hydrogens (tertiary/aromatic N) is 2. The molecule has 3 aromatic rings. The van der Waals surface area contributed by atoms with E-state index in [0.717, 1.165) is 4.47 Å². The van der Waals surface area contributed by atoms with Gasteiger partial charge in [0, 0.05) is 35.3 Å². The van der Waals surface area contributed by atoms with Gasteiger partial charge in [0.05, 0.1) is 17.8 Å². The van der Waals surface area contributed by atoms with E-state index in [9.17, 15) is 19.5 Å². The molecule has 0 aliphatic carbocycles. The van der Waals surface area contributed by atoms with Crippen LogP contribution in [0.1, 0.15) is 25.0 Å². The molecule has 0 saturated heterocycles. The van der Waals surface area contributed by atoms with Crippen LogP contribution in [0, 0.1) is 0 Å². The summed E-state index contributed by atoms with van der Waals surface area (Å²) in [7, 11) is 0. The number of esters is 1. The van der Waals surface area contributed by atoms with Crippen LogP contribution >= 0.6 is 15.9 Å². The number of benzene rings is 2. The van der Waals surface area contributed by atoms with Gasteiger partial charge in [-0.05, 0) is 35.9 Å². The van der Waals surface area contributed by atoms with Gasteiger partial charge in [-0.1, -0.05) is 22.0 Å². The number of fused-ring (bicyclic) bond motifs is 1. The van der Waals surface area contributed by atoms with Crippen LogP contribution < -0.4 is 21.5 Å². The summed E-state index contributed by atoms with van der Waals surface area (Å²) in [5.41, 5.74) is 0.803. The minimum absolute atomic E-state index is 0.174. The molecule has 3 rings (SSSR count). The first-order chi connectivity index (χ1) is 14.7. The van der Waals surface area contributed by atoms with E-state index in [1.165, 1.54) is 20.1 Å². The SMILES string of the molecule is CC(=O)Nc1ccc(CN=Cc2c(O)n(N)c(=O)c3ccc(Br)cc23)cc1OC(C)=O. The lowest BCUT2D eigenvalue weighted by molar-refractivity contribution is -0.131. The zero-order chi connectivity index (χ0) is 22.7. The highest BCUT2D eigenvalue weighted by atomic mass is 79.9. The number of amides is 1. The number of nitrogens with one attached hydrogen (secondary N) is 1. The Morgan fingerprint density at radius 1 is 1.23 bits per heavy atom. The lowest BCUT2D eigenvalue weighted by Gasteiger charge is -2.11. The van der Waals surface area contributed by atoms with Crippen LogP contribution in [0.5, 0.6) is 11.6 Å². The number of carbonyl (C=O) groups is 2. The number of rotatable bonds is 5. The van der Waals surface area contributed by atoms with Crippen molar-refractivity contribution in [2.75, 3.05) is 11.2 Å². The molecule has 1 aromatic heterocycles. The number of pyridine rings is 1. The van der Waals surface area contributed by atoms with Crippen molar-refractivity contribution < 1.29 is 19.4 Å². The van der Waals surface area contributed by atoms with Gasteiger partial charge < -0.3 is 21.0 Å². The zero-order valence-corrected chi connectivity index (χ0v) is 18.3. The minimum Gasteiger partial charge on any atom is -0.493 e. The number of carbonyl (C=O) groups excluding carboxylic acids is 2. The monoisotopic (exact) mass is 486 g/mol. The molecule has 160 valence electrons. The molecule has 2 aromatic carbocycles. The highest BCUT2D eigenvalue weighted by Gasteiger charge is 2.14. The van der Waals surface area contributed by atoms with Crippen molar-refractivity contribution in [1.29, 1.82) is 0 Å². The fourth-order valence-corrected chi connectivity index (χ4v) is 3.33. The first-order valence-electron chi connectivity index (χ1n) is 9.08. The molecule has 0 radical (unpaired) electrons. The minimum atomic E-state index is -0.531. The van der Waals surface area contributed by atoms with E-state index >= 15 is 0 Å². The summed E-state index contributed by atoms with van der Waals surface area (Å²) in [6.07, 6.45) is 1.42. The summed E-state index contributed by atoms with van der Waals surface area (Å²) in [5.74, 6) is 4.64. The summed E-state index contributed by atoms with van der Waals surface area (Å²) in [6.45, 7) is 2.78. The quantitative estimate of drug-likeness (QED) is 0.219. The Morgan fingerprint density at radius 3 is 2.65 bits per heavy atom. The number of ether oxygens (including phenoxy) is 1. The molecule has 0 bridgehead atoms. The summed E-state index contributed by atoms with van der Waals surface area (Å²) in [6, 6.07) is 9.91. The van der Waals surface area contributed by atoms with Gasteiger partial charge >= 0.3 is 5.97 Å².